The zero-order chi connectivity index (χ0) is 19.1. The summed E-state index contributed by atoms with van der Waals surface area (Å²) in [6.45, 7) is 10.0. The van der Waals surface area contributed by atoms with Gasteiger partial charge in [-0.25, -0.2) is 4.68 Å². The van der Waals surface area contributed by atoms with Gasteiger partial charge >= 0.3 is 0 Å². The highest BCUT2D eigenvalue weighted by Crippen LogP contribution is 2.12. The zero-order valence-corrected chi connectivity index (χ0v) is 19.1. The summed E-state index contributed by atoms with van der Waals surface area (Å²) in [5, 5.41) is 11.3. The molecular weight excluding hydrogens is 463 g/mol. The van der Waals surface area contributed by atoms with Crippen LogP contribution in [0.1, 0.15) is 25.3 Å². The van der Waals surface area contributed by atoms with Crippen molar-refractivity contribution in [2.45, 2.75) is 32.4 Å². The number of benzene rings is 1. The molecule has 6 nitrogen and oxygen atoms in total. The van der Waals surface area contributed by atoms with Crippen molar-refractivity contribution in [3.63, 3.8) is 0 Å². The van der Waals surface area contributed by atoms with E-state index in [0.29, 0.717) is 6.04 Å². The maximum atomic E-state index is 4.39. The average Bonchev–Trinajstić information content (AvgIpc) is 3.21. The molecule has 1 aliphatic rings. The summed E-state index contributed by atoms with van der Waals surface area (Å²) in [7, 11) is 1.83. The number of aromatic nitrogens is 2. The molecule has 1 saturated heterocycles. The van der Waals surface area contributed by atoms with Gasteiger partial charge in [-0.2, -0.15) is 5.10 Å². The third-order valence-electron chi connectivity index (χ3n) is 4.79. The lowest BCUT2D eigenvalue weighted by Crippen LogP contribution is -2.48. The van der Waals surface area contributed by atoms with Crippen LogP contribution in [0, 0.1) is 0 Å². The molecule has 0 bridgehead atoms. The summed E-state index contributed by atoms with van der Waals surface area (Å²) in [6, 6.07) is 10.8. The van der Waals surface area contributed by atoms with Crippen molar-refractivity contribution in [1.29, 1.82) is 0 Å². The van der Waals surface area contributed by atoms with Gasteiger partial charge in [0.15, 0.2) is 5.96 Å². The van der Waals surface area contributed by atoms with E-state index < -0.39 is 0 Å². The van der Waals surface area contributed by atoms with Gasteiger partial charge in [0.1, 0.15) is 0 Å². The van der Waals surface area contributed by atoms with Crippen LogP contribution in [-0.4, -0.2) is 53.4 Å². The number of guanidine groups is 1. The summed E-state index contributed by atoms with van der Waals surface area (Å²) >= 11 is 0. The zero-order valence-electron chi connectivity index (χ0n) is 16.8. The van der Waals surface area contributed by atoms with E-state index in [1.807, 2.05) is 24.0 Å². The molecule has 1 fully saturated rings. The number of nitrogens with zero attached hydrogens (tertiary/aromatic N) is 4. The molecule has 2 aromatic rings. The van der Waals surface area contributed by atoms with Crippen molar-refractivity contribution in [1.82, 2.24) is 25.3 Å². The van der Waals surface area contributed by atoms with Gasteiger partial charge in [-0.3, -0.25) is 9.89 Å². The van der Waals surface area contributed by atoms with Gasteiger partial charge in [0, 0.05) is 51.7 Å². The van der Waals surface area contributed by atoms with E-state index in [9.17, 15) is 0 Å². The molecule has 2 N–H and O–H groups in total. The molecule has 7 heteroatoms. The average molecular weight is 494 g/mol. The van der Waals surface area contributed by atoms with Gasteiger partial charge in [0.05, 0.1) is 5.69 Å². The van der Waals surface area contributed by atoms with Crippen LogP contribution < -0.4 is 10.6 Å². The monoisotopic (exact) mass is 494 g/mol. The highest BCUT2D eigenvalue weighted by molar-refractivity contribution is 14.0. The third kappa shape index (κ3) is 6.63. The minimum absolute atomic E-state index is 0. The first-order chi connectivity index (χ1) is 13.1. The molecule has 0 radical (unpaired) electrons. The Kier molecular flexibility index (Phi) is 8.98. The molecule has 1 aromatic carbocycles. The Bertz CT molecular complexity index is 763. The summed E-state index contributed by atoms with van der Waals surface area (Å²) in [5.41, 5.74) is 3.49. The normalized spacial score (nSPS) is 15.7. The van der Waals surface area contributed by atoms with E-state index in [4.69, 9.17) is 0 Å². The highest BCUT2D eigenvalue weighted by atomic mass is 127. The standard InChI is InChI=1S/C21H30N6.HI/c1-17(2)16-26-12-8-19(9-13-26)25-21(22-3)23-15-18-6-4-7-20(14-18)27-11-5-10-24-27;/h4-7,10-11,14,19H,1,8-9,12-13,15-16H2,2-3H3,(H2,22,23,25);1H. The summed E-state index contributed by atoms with van der Waals surface area (Å²) in [5.74, 6) is 0.859. The van der Waals surface area contributed by atoms with Gasteiger partial charge in [-0.05, 0) is 43.5 Å². The molecule has 0 saturated carbocycles. The molecule has 0 unspecified atom stereocenters. The molecule has 152 valence electrons. The SMILES string of the molecule is C=C(C)CN1CCC(NC(=NC)NCc2cccc(-n3cccn3)c2)CC1.I. The smallest absolute Gasteiger partial charge is 0.191 e. The fourth-order valence-corrected chi connectivity index (χ4v) is 3.42. The molecule has 0 spiro atoms. The first kappa shape index (κ1) is 22.4. The van der Waals surface area contributed by atoms with E-state index in [1.54, 1.807) is 6.20 Å². The van der Waals surface area contributed by atoms with Crippen LogP contribution in [0.25, 0.3) is 5.69 Å². The van der Waals surface area contributed by atoms with Crippen molar-refractivity contribution in [2.24, 2.45) is 4.99 Å². The summed E-state index contributed by atoms with van der Waals surface area (Å²) in [4.78, 5) is 6.86. The van der Waals surface area contributed by atoms with Crippen LogP contribution >= 0.6 is 24.0 Å². The van der Waals surface area contributed by atoms with Gasteiger partial charge in [-0.15, -0.1) is 24.0 Å². The van der Waals surface area contributed by atoms with Crippen LogP contribution in [0.5, 0.6) is 0 Å². The van der Waals surface area contributed by atoms with Crippen molar-refractivity contribution >= 4 is 29.9 Å². The van der Waals surface area contributed by atoms with Gasteiger partial charge < -0.3 is 10.6 Å². The first-order valence-corrected chi connectivity index (χ1v) is 9.57. The topological polar surface area (TPSA) is 57.5 Å². The summed E-state index contributed by atoms with van der Waals surface area (Å²) in [6.07, 6.45) is 6.00. The van der Waals surface area contributed by atoms with Gasteiger partial charge in [0.25, 0.3) is 0 Å². The molecule has 3 rings (SSSR count). The number of piperidine rings is 1. The second-order valence-electron chi connectivity index (χ2n) is 7.20. The Morgan fingerprint density at radius 2 is 2.07 bits per heavy atom. The minimum Gasteiger partial charge on any atom is -0.354 e. The van der Waals surface area contributed by atoms with E-state index in [1.165, 1.54) is 11.1 Å². The molecule has 1 aromatic heterocycles. The summed E-state index contributed by atoms with van der Waals surface area (Å²) < 4.78 is 1.87. The third-order valence-corrected chi connectivity index (χ3v) is 4.79. The van der Waals surface area contributed by atoms with E-state index in [0.717, 1.165) is 50.7 Å². The first-order valence-electron chi connectivity index (χ1n) is 9.57. The number of rotatable bonds is 6. The van der Waals surface area contributed by atoms with Gasteiger partial charge in [-0.1, -0.05) is 24.3 Å². The van der Waals surface area contributed by atoms with E-state index in [-0.39, 0.29) is 24.0 Å². The predicted octanol–water partition coefficient (Wildman–Crippen LogP) is 3.20. The second kappa shape index (κ2) is 11.2. The predicted molar refractivity (Wildman–Crippen MR) is 127 cm³/mol. The maximum Gasteiger partial charge on any atom is 0.191 e. The fraction of sp³-hybridized carbons (Fsp3) is 0.429. The second-order valence-corrected chi connectivity index (χ2v) is 7.20. The fourth-order valence-electron chi connectivity index (χ4n) is 3.42. The number of likely N-dealkylation sites (tertiary alicyclic amines) is 1. The lowest BCUT2D eigenvalue weighted by molar-refractivity contribution is 0.221. The number of halogens is 1. The van der Waals surface area contributed by atoms with Crippen LogP contribution in [0.15, 0.2) is 59.9 Å². The minimum atomic E-state index is 0. The van der Waals surface area contributed by atoms with Crippen LogP contribution in [0.2, 0.25) is 0 Å². The van der Waals surface area contributed by atoms with Crippen molar-refractivity contribution in [3.8, 4) is 5.69 Å². The number of aliphatic imine (C=N–C) groups is 1. The molecule has 28 heavy (non-hydrogen) atoms. The van der Waals surface area contributed by atoms with Crippen molar-refractivity contribution < 1.29 is 0 Å². The quantitative estimate of drug-likeness (QED) is 0.280. The van der Waals surface area contributed by atoms with Crippen molar-refractivity contribution in [3.05, 3.63) is 60.4 Å². The Morgan fingerprint density at radius 1 is 1.29 bits per heavy atom. The largest absolute Gasteiger partial charge is 0.354 e. The van der Waals surface area contributed by atoms with Crippen LogP contribution in [0.3, 0.4) is 0 Å². The highest BCUT2D eigenvalue weighted by Gasteiger charge is 2.19. The molecule has 0 atom stereocenters. The molecular formula is C21H31IN6. The number of hydrogen-bond acceptors (Lipinski definition) is 3. The van der Waals surface area contributed by atoms with Gasteiger partial charge in [0.2, 0.25) is 0 Å². The molecule has 1 aliphatic heterocycles. The molecule has 0 aliphatic carbocycles. The molecule has 0 amide bonds. The number of hydrogen-bond donors (Lipinski definition) is 2. The Balaban J connectivity index is 0.00000280. The maximum absolute atomic E-state index is 4.39. The van der Waals surface area contributed by atoms with E-state index >= 15 is 0 Å². The molecule has 2 heterocycles. The Morgan fingerprint density at radius 3 is 2.71 bits per heavy atom. The van der Waals surface area contributed by atoms with Crippen molar-refractivity contribution in [2.75, 3.05) is 26.7 Å². The van der Waals surface area contributed by atoms with Crippen LogP contribution in [-0.2, 0) is 6.54 Å². The lowest BCUT2D eigenvalue weighted by Gasteiger charge is -2.33. The number of nitrogens with one attached hydrogen (secondary N) is 2. The Labute approximate surface area is 185 Å². The van der Waals surface area contributed by atoms with E-state index in [2.05, 4.69) is 63.4 Å². The van der Waals surface area contributed by atoms with Crippen LogP contribution in [0.4, 0.5) is 0 Å². The lowest BCUT2D eigenvalue weighted by atomic mass is 10.0. The Hall–Kier alpha value is -1.87.